The van der Waals surface area contributed by atoms with Crippen LogP contribution in [0.2, 0.25) is 0 Å². The van der Waals surface area contributed by atoms with Gasteiger partial charge in [-0.1, -0.05) is 0 Å². The molecule has 1 rings (SSSR count). The van der Waals surface area contributed by atoms with Gasteiger partial charge in [0.05, 0.1) is 6.10 Å². The molecule has 0 saturated carbocycles. The van der Waals surface area contributed by atoms with E-state index in [1.165, 1.54) is 0 Å². The van der Waals surface area contributed by atoms with Gasteiger partial charge in [0.25, 0.3) is 0 Å². The number of Topliss-reactive ketones (excluding diaryl/α,β-unsaturated/α-hetero) is 1. The van der Waals surface area contributed by atoms with E-state index < -0.39 is 24.5 Å². The van der Waals surface area contributed by atoms with Crippen molar-refractivity contribution in [2.45, 2.75) is 31.5 Å². The normalized spacial score (nSPS) is 24.4. The van der Waals surface area contributed by atoms with Crippen molar-refractivity contribution in [1.29, 1.82) is 0 Å². The first-order chi connectivity index (χ1) is 5.50. The van der Waals surface area contributed by atoms with Crippen LogP contribution in [-0.2, 0) is 9.53 Å². The Morgan fingerprint density at radius 1 is 1.50 bits per heavy atom. The number of rotatable bonds is 2. The summed E-state index contributed by atoms with van der Waals surface area (Å²) in [4.78, 5) is 10.4. The van der Waals surface area contributed by atoms with Crippen LogP contribution in [0.3, 0.4) is 0 Å². The summed E-state index contributed by atoms with van der Waals surface area (Å²) >= 11 is 0. The molecule has 5 heteroatoms. The third kappa shape index (κ3) is 2.48. The summed E-state index contributed by atoms with van der Waals surface area (Å²) < 4.78 is 40.0. The number of carbonyl (C=O) groups is 1. The van der Waals surface area contributed by atoms with Crippen molar-refractivity contribution < 1.29 is 22.7 Å². The highest BCUT2D eigenvalue weighted by Crippen LogP contribution is 2.23. The van der Waals surface area contributed by atoms with Crippen LogP contribution >= 0.6 is 0 Å². The zero-order chi connectivity index (χ0) is 9.19. The molecule has 12 heavy (non-hydrogen) atoms. The number of hydrogen-bond donors (Lipinski definition) is 0. The topological polar surface area (TPSA) is 26.3 Å². The van der Waals surface area contributed by atoms with E-state index >= 15 is 0 Å². The first-order valence-electron chi connectivity index (χ1n) is 3.72. The molecule has 1 unspecified atom stereocenters. The van der Waals surface area contributed by atoms with E-state index in [1.54, 1.807) is 0 Å². The molecule has 0 spiro atoms. The Balaban J connectivity index is 2.35. The van der Waals surface area contributed by atoms with Gasteiger partial charge in [0.1, 0.15) is 0 Å². The van der Waals surface area contributed by atoms with Crippen molar-refractivity contribution >= 4 is 5.78 Å². The third-order valence-electron chi connectivity index (χ3n) is 1.75. The molecule has 0 aromatic rings. The van der Waals surface area contributed by atoms with Gasteiger partial charge in [0.15, 0.2) is 0 Å². The van der Waals surface area contributed by atoms with Crippen molar-refractivity contribution in [3.63, 3.8) is 0 Å². The fourth-order valence-electron chi connectivity index (χ4n) is 1.13. The minimum atomic E-state index is -4.70. The van der Waals surface area contributed by atoms with E-state index in [2.05, 4.69) is 0 Å². The maximum absolute atomic E-state index is 11.7. The smallest absolute Gasteiger partial charge is 0.378 e. The lowest BCUT2D eigenvalue weighted by atomic mass is 10.1. The quantitative estimate of drug-likeness (QED) is 0.649. The summed E-state index contributed by atoms with van der Waals surface area (Å²) in [6.45, 7) is 0.468. The Labute approximate surface area is 67.7 Å². The summed E-state index contributed by atoms with van der Waals surface area (Å²) in [6.07, 6.45) is -4.44. The van der Waals surface area contributed by atoms with Crippen molar-refractivity contribution in [3.05, 3.63) is 0 Å². The number of ether oxygens (including phenoxy) is 1. The molecule has 0 N–H and O–H groups in total. The van der Waals surface area contributed by atoms with Crippen molar-refractivity contribution in [3.8, 4) is 0 Å². The number of halogens is 3. The van der Waals surface area contributed by atoms with Crippen LogP contribution < -0.4 is 0 Å². The summed E-state index contributed by atoms with van der Waals surface area (Å²) in [5, 5.41) is 0. The molecule has 1 fully saturated rings. The van der Waals surface area contributed by atoms with Crippen LogP contribution in [0.5, 0.6) is 0 Å². The molecule has 1 aliphatic heterocycles. The van der Waals surface area contributed by atoms with Crippen molar-refractivity contribution in [2.75, 3.05) is 6.61 Å². The second-order valence-electron chi connectivity index (χ2n) is 2.76. The SMILES string of the molecule is O=C(CC1CCCO1)C(F)(F)F. The molecular formula is C7H9F3O2. The van der Waals surface area contributed by atoms with E-state index in [9.17, 15) is 18.0 Å². The van der Waals surface area contributed by atoms with Crippen LogP contribution in [0.15, 0.2) is 0 Å². The molecule has 1 atom stereocenters. The highest BCUT2D eigenvalue weighted by molar-refractivity contribution is 5.84. The van der Waals surface area contributed by atoms with Crippen molar-refractivity contribution in [1.82, 2.24) is 0 Å². The number of hydrogen-bond acceptors (Lipinski definition) is 2. The fourth-order valence-corrected chi connectivity index (χ4v) is 1.13. The van der Waals surface area contributed by atoms with Gasteiger partial charge in [0.2, 0.25) is 5.78 Å². The average molecular weight is 182 g/mol. The molecule has 0 aromatic carbocycles. The molecule has 0 amide bonds. The van der Waals surface area contributed by atoms with E-state index in [1.807, 2.05) is 0 Å². The number of alkyl halides is 3. The van der Waals surface area contributed by atoms with Gasteiger partial charge < -0.3 is 4.74 Å². The molecule has 1 saturated heterocycles. The average Bonchev–Trinajstić information content (AvgIpc) is 2.37. The summed E-state index contributed by atoms with van der Waals surface area (Å²) in [7, 11) is 0. The predicted octanol–water partition coefficient (Wildman–Crippen LogP) is 1.69. The first kappa shape index (κ1) is 9.51. The molecular weight excluding hydrogens is 173 g/mol. The van der Waals surface area contributed by atoms with E-state index in [0.29, 0.717) is 13.0 Å². The lowest BCUT2D eigenvalue weighted by Gasteiger charge is -2.09. The second kappa shape index (κ2) is 3.43. The van der Waals surface area contributed by atoms with E-state index in [0.717, 1.165) is 6.42 Å². The van der Waals surface area contributed by atoms with Gasteiger partial charge in [0, 0.05) is 13.0 Å². The predicted molar refractivity (Wildman–Crippen MR) is 34.7 cm³/mol. The maximum atomic E-state index is 11.7. The third-order valence-corrected chi connectivity index (χ3v) is 1.75. The molecule has 0 radical (unpaired) electrons. The molecule has 1 aliphatic rings. The molecule has 0 aromatic heterocycles. The molecule has 0 bridgehead atoms. The first-order valence-corrected chi connectivity index (χ1v) is 3.72. The lowest BCUT2D eigenvalue weighted by molar-refractivity contribution is -0.173. The molecule has 2 nitrogen and oxygen atoms in total. The molecule has 1 heterocycles. The van der Waals surface area contributed by atoms with Crippen LogP contribution in [0, 0.1) is 0 Å². The highest BCUT2D eigenvalue weighted by Gasteiger charge is 2.39. The maximum Gasteiger partial charge on any atom is 0.450 e. The monoisotopic (exact) mass is 182 g/mol. The van der Waals surface area contributed by atoms with Crippen LogP contribution in [0.4, 0.5) is 13.2 Å². The zero-order valence-electron chi connectivity index (χ0n) is 6.36. The minimum Gasteiger partial charge on any atom is -0.378 e. The highest BCUT2D eigenvalue weighted by atomic mass is 19.4. The number of carbonyl (C=O) groups excluding carboxylic acids is 1. The Morgan fingerprint density at radius 3 is 2.58 bits per heavy atom. The summed E-state index contributed by atoms with van der Waals surface area (Å²) in [5.74, 6) is -1.69. The van der Waals surface area contributed by atoms with Gasteiger partial charge in [-0.15, -0.1) is 0 Å². The van der Waals surface area contributed by atoms with Crippen LogP contribution in [0.1, 0.15) is 19.3 Å². The van der Waals surface area contributed by atoms with Crippen LogP contribution in [0.25, 0.3) is 0 Å². The van der Waals surface area contributed by atoms with Crippen molar-refractivity contribution in [2.24, 2.45) is 0 Å². The Bertz CT molecular complexity index is 170. The lowest BCUT2D eigenvalue weighted by Crippen LogP contribution is -2.26. The van der Waals surface area contributed by atoms with Crippen LogP contribution in [-0.4, -0.2) is 24.7 Å². The van der Waals surface area contributed by atoms with E-state index in [-0.39, 0.29) is 0 Å². The fraction of sp³-hybridized carbons (Fsp3) is 0.857. The van der Waals surface area contributed by atoms with Gasteiger partial charge in [-0.3, -0.25) is 4.79 Å². The minimum absolute atomic E-state index is 0.468. The second-order valence-corrected chi connectivity index (χ2v) is 2.76. The van der Waals surface area contributed by atoms with E-state index in [4.69, 9.17) is 4.74 Å². The summed E-state index contributed by atoms with van der Waals surface area (Å²) in [6, 6.07) is 0. The number of ketones is 1. The largest absolute Gasteiger partial charge is 0.450 e. The zero-order valence-corrected chi connectivity index (χ0v) is 6.36. The molecule has 0 aliphatic carbocycles. The Hall–Kier alpha value is -0.580. The molecule has 70 valence electrons. The van der Waals surface area contributed by atoms with Gasteiger partial charge in [-0.25, -0.2) is 0 Å². The Kier molecular flexibility index (Phi) is 2.72. The van der Waals surface area contributed by atoms with Gasteiger partial charge in [-0.2, -0.15) is 13.2 Å². The van der Waals surface area contributed by atoms with Gasteiger partial charge >= 0.3 is 6.18 Å². The Morgan fingerprint density at radius 2 is 2.17 bits per heavy atom. The summed E-state index contributed by atoms with van der Waals surface area (Å²) in [5.41, 5.74) is 0. The standard InChI is InChI=1S/C7H9F3O2/c8-7(9,10)6(11)4-5-2-1-3-12-5/h5H,1-4H2. The van der Waals surface area contributed by atoms with Gasteiger partial charge in [-0.05, 0) is 12.8 Å².